The minimum Gasteiger partial charge on any atom is -0.465 e. The summed E-state index contributed by atoms with van der Waals surface area (Å²) in [7, 11) is 1.31. The summed E-state index contributed by atoms with van der Waals surface area (Å²) in [6, 6.07) is 20.6. The smallest absolute Gasteiger partial charge is 0.337 e. The normalized spacial score (nSPS) is 15.0. The van der Waals surface area contributed by atoms with E-state index in [4.69, 9.17) is 4.74 Å². The van der Waals surface area contributed by atoms with Gasteiger partial charge in [0.15, 0.2) is 4.80 Å². The molecule has 190 valence electrons. The van der Waals surface area contributed by atoms with Gasteiger partial charge in [0.05, 0.1) is 34.5 Å². The highest BCUT2D eigenvalue weighted by Crippen LogP contribution is 2.31. The molecule has 5 rings (SSSR count). The van der Waals surface area contributed by atoms with Crippen molar-refractivity contribution < 1.29 is 18.7 Å². The first-order chi connectivity index (χ1) is 18.4. The minimum atomic E-state index is -0.806. The van der Waals surface area contributed by atoms with E-state index in [1.54, 1.807) is 73.7 Å². The lowest BCUT2D eigenvalue weighted by molar-refractivity contribution is -0.113. The number of halogens is 1. The number of ether oxygens (including phenoxy) is 1. The lowest BCUT2D eigenvalue weighted by Gasteiger charge is -2.25. The first-order valence-electron chi connectivity index (χ1n) is 11.7. The van der Waals surface area contributed by atoms with Crippen LogP contribution in [0.4, 0.5) is 10.1 Å². The molecule has 1 unspecified atom stereocenters. The number of nitrogens with zero attached hydrogens (tertiary/aromatic N) is 2. The lowest BCUT2D eigenvalue weighted by Crippen LogP contribution is -2.40. The van der Waals surface area contributed by atoms with E-state index in [0.29, 0.717) is 43.0 Å². The fourth-order valence-corrected chi connectivity index (χ4v) is 5.32. The number of aromatic nitrogens is 1. The van der Waals surface area contributed by atoms with Gasteiger partial charge in [0.1, 0.15) is 5.82 Å². The third-order valence-electron chi connectivity index (χ3n) is 6.11. The number of anilines is 1. The summed E-state index contributed by atoms with van der Waals surface area (Å²) in [5.41, 5.74) is 2.70. The van der Waals surface area contributed by atoms with Crippen molar-refractivity contribution in [3.63, 3.8) is 0 Å². The van der Waals surface area contributed by atoms with E-state index in [1.165, 1.54) is 35.1 Å². The number of amides is 1. The van der Waals surface area contributed by atoms with Gasteiger partial charge in [-0.3, -0.25) is 14.2 Å². The summed E-state index contributed by atoms with van der Waals surface area (Å²) in [6.07, 6.45) is 1.70. The molecule has 1 N–H and O–H groups in total. The zero-order valence-electron chi connectivity index (χ0n) is 20.5. The number of para-hydroxylation sites is 1. The first-order valence-corrected chi connectivity index (χ1v) is 12.5. The van der Waals surface area contributed by atoms with E-state index in [2.05, 4.69) is 10.3 Å². The third kappa shape index (κ3) is 4.83. The Morgan fingerprint density at radius 3 is 2.37 bits per heavy atom. The molecule has 1 aliphatic heterocycles. The van der Waals surface area contributed by atoms with Crippen molar-refractivity contribution in [1.29, 1.82) is 0 Å². The van der Waals surface area contributed by atoms with E-state index in [9.17, 15) is 18.8 Å². The van der Waals surface area contributed by atoms with Crippen LogP contribution < -0.4 is 20.2 Å². The maximum absolute atomic E-state index is 13.8. The number of hydrogen-bond donors (Lipinski definition) is 1. The van der Waals surface area contributed by atoms with Crippen LogP contribution in [0, 0.1) is 5.82 Å². The Morgan fingerprint density at radius 2 is 1.71 bits per heavy atom. The van der Waals surface area contributed by atoms with Crippen molar-refractivity contribution in [2.45, 2.75) is 13.0 Å². The molecule has 2 heterocycles. The van der Waals surface area contributed by atoms with Gasteiger partial charge in [0, 0.05) is 5.69 Å². The summed E-state index contributed by atoms with van der Waals surface area (Å²) in [5.74, 6) is -1.28. The van der Waals surface area contributed by atoms with E-state index in [1.807, 2.05) is 6.07 Å². The van der Waals surface area contributed by atoms with Gasteiger partial charge in [0.25, 0.3) is 11.5 Å². The molecule has 1 atom stereocenters. The van der Waals surface area contributed by atoms with Crippen LogP contribution in [0.15, 0.2) is 99.9 Å². The molecule has 0 spiro atoms. The minimum absolute atomic E-state index is 0.293. The largest absolute Gasteiger partial charge is 0.465 e. The zero-order chi connectivity index (χ0) is 26.8. The highest BCUT2D eigenvalue weighted by molar-refractivity contribution is 7.07. The highest BCUT2D eigenvalue weighted by atomic mass is 32.1. The Morgan fingerprint density at radius 1 is 1.03 bits per heavy atom. The summed E-state index contributed by atoms with van der Waals surface area (Å²) in [4.78, 5) is 44.0. The van der Waals surface area contributed by atoms with Gasteiger partial charge in [-0.05, 0) is 60.5 Å². The van der Waals surface area contributed by atoms with Crippen LogP contribution in [0.3, 0.4) is 0 Å². The number of rotatable bonds is 5. The number of carbonyl (C=O) groups is 2. The van der Waals surface area contributed by atoms with Crippen LogP contribution >= 0.6 is 11.3 Å². The van der Waals surface area contributed by atoms with Crippen LogP contribution in [0.5, 0.6) is 0 Å². The van der Waals surface area contributed by atoms with Crippen molar-refractivity contribution in [3.8, 4) is 0 Å². The summed E-state index contributed by atoms with van der Waals surface area (Å²) < 4.78 is 20.4. The quantitative estimate of drug-likeness (QED) is 0.400. The number of hydrogen-bond acceptors (Lipinski definition) is 6. The number of esters is 1. The Kier molecular flexibility index (Phi) is 6.85. The van der Waals surface area contributed by atoms with Crippen molar-refractivity contribution >= 4 is 35.0 Å². The summed E-state index contributed by atoms with van der Waals surface area (Å²) in [5, 5.41) is 2.88. The van der Waals surface area contributed by atoms with Crippen molar-refractivity contribution in [1.82, 2.24) is 4.57 Å². The van der Waals surface area contributed by atoms with Crippen LogP contribution in [-0.4, -0.2) is 23.6 Å². The molecule has 1 amide bonds. The number of thiazole rings is 1. The SMILES string of the molecule is COC(=O)c1ccc(C=c2sc3n(c2=O)C(c2ccc(F)cc2)C(C(=O)Nc2ccccc2)=C(C)N=3)cc1. The van der Waals surface area contributed by atoms with Crippen LogP contribution in [-0.2, 0) is 9.53 Å². The molecule has 0 radical (unpaired) electrons. The second kappa shape index (κ2) is 10.4. The van der Waals surface area contributed by atoms with Crippen LogP contribution in [0.2, 0.25) is 0 Å². The molecule has 0 saturated carbocycles. The topological polar surface area (TPSA) is 89.8 Å². The van der Waals surface area contributed by atoms with Crippen LogP contribution in [0.1, 0.15) is 34.5 Å². The van der Waals surface area contributed by atoms with Gasteiger partial charge >= 0.3 is 5.97 Å². The van der Waals surface area contributed by atoms with Gasteiger partial charge < -0.3 is 10.1 Å². The summed E-state index contributed by atoms with van der Waals surface area (Å²) in [6.45, 7) is 1.72. The van der Waals surface area contributed by atoms with Gasteiger partial charge in [-0.15, -0.1) is 0 Å². The highest BCUT2D eigenvalue weighted by Gasteiger charge is 2.32. The number of allylic oxidation sites excluding steroid dienone is 1. The monoisotopic (exact) mass is 527 g/mol. The van der Waals surface area contributed by atoms with Gasteiger partial charge in [0.2, 0.25) is 0 Å². The van der Waals surface area contributed by atoms with Crippen molar-refractivity contribution in [2.24, 2.45) is 4.99 Å². The lowest BCUT2D eigenvalue weighted by atomic mass is 9.95. The van der Waals surface area contributed by atoms with Gasteiger partial charge in [-0.2, -0.15) is 0 Å². The van der Waals surface area contributed by atoms with Gasteiger partial charge in [-0.25, -0.2) is 14.2 Å². The Labute approximate surface area is 220 Å². The molecule has 0 aliphatic carbocycles. The fourth-order valence-electron chi connectivity index (χ4n) is 4.28. The number of methoxy groups -OCH3 is 1. The summed E-state index contributed by atoms with van der Waals surface area (Å²) >= 11 is 1.19. The maximum atomic E-state index is 13.8. The van der Waals surface area contributed by atoms with Crippen LogP contribution in [0.25, 0.3) is 6.08 Å². The van der Waals surface area contributed by atoms with Gasteiger partial charge in [-0.1, -0.05) is 53.8 Å². The zero-order valence-corrected chi connectivity index (χ0v) is 21.3. The molecule has 0 saturated heterocycles. The molecular formula is C29H22FN3O4S. The second-order valence-electron chi connectivity index (χ2n) is 8.57. The molecule has 1 aromatic heterocycles. The fraction of sp³-hybridized carbons (Fsp3) is 0.103. The third-order valence-corrected chi connectivity index (χ3v) is 7.10. The standard InChI is InChI=1S/C29H22FN3O4S/c1-17-24(26(34)32-22-6-4-3-5-7-22)25(19-12-14-21(30)15-13-19)33-27(35)23(38-29(33)31-17)16-18-8-10-20(11-9-18)28(36)37-2/h3-16,25H,1-2H3,(H,32,34). The van der Waals surface area contributed by atoms with Crippen molar-refractivity contribution in [3.05, 3.63) is 132 Å². The van der Waals surface area contributed by atoms with E-state index < -0.39 is 23.7 Å². The molecule has 0 fully saturated rings. The average molecular weight is 528 g/mol. The number of benzene rings is 3. The average Bonchev–Trinajstić information content (AvgIpc) is 3.23. The first kappa shape index (κ1) is 25.0. The molecule has 9 heteroatoms. The number of nitrogens with one attached hydrogen (secondary N) is 1. The van der Waals surface area contributed by atoms with E-state index in [-0.39, 0.29) is 5.56 Å². The molecule has 7 nitrogen and oxygen atoms in total. The Hall–Kier alpha value is -4.63. The van der Waals surface area contributed by atoms with E-state index >= 15 is 0 Å². The molecule has 38 heavy (non-hydrogen) atoms. The van der Waals surface area contributed by atoms with Crippen molar-refractivity contribution in [2.75, 3.05) is 12.4 Å². The Balaban J connectivity index is 1.62. The molecule has 3 aromatic carbocycles. The van der Waals surface area contributed by atoms with E-state index in [0.717, 1.165) is 0 Å². The molecule has 0 bridgehead atoms. The predicted octanol–water partition coefficient (Wildman–Crippen LogP) is 3.80. The second-order valence-corrected chi connectivity index (χ2v) is 9.58. The number of fused-ring (bicyclic) bond motifs is 1. The predicted molar refractivity (Wildman–Crippen MR) is 143 cm³/mol. The molecule has 4 aromatic rings. The number of carbonyl (C=O) groups excluding carboxylic acids is 2. The molecular weight excluding hydrogens is 505 g/mol. The Bertz CT molecular complexity index is 1740. The maximum Gasteiger partial charge on any atom is 0.337 e. The molecule has 1 aliphatic rings.